The van der Waals surface area contributed by atoms with E-state index < -0.39 is 5.97 Å². The topological polar surface area (TPSA) is 64.1 Å². The number of ether oxygens (including phenoxy) is 1. The number of halogens is 1. The largest absolute Gasteiger partial charge is 0.464 e. The van der Waals surface area contributed by atoms with Gasteiger partial charge in [-0.3, -0.25) is 0 Å². The molecule has 0 saturated carbocycles. The van der Waals surface area contributed by atoms with Crippen molar-refractivity contribution in [1.29, 1.82) is 0 Å². The van der Waals surface area contributed by atoms with Gasteiger partial charge in [0.15, 0.2) is 5.69 Å². The van der Waals surface area contributed by atoms with Crippen LogP contribution in [-0.4, -0.2) is 23.0 Å². The quantitative estimate of drug-likeness (QED) is 0.869. The molecule has 20 heavy (non-hydrogen) atoms. The fourth-order valence-corrected chi connectivity index (χ4v) is 1.74. The number of carbonyl (C=O) groups excluding carboxylic acids is 1. The van der Waals surface area contributed by atoms with Crippen molar-refractivity contribution in [2.24, 2.45) is 0 Å². The van der Waals surface area contributed by atoms with Crippen LogP contribution in [0.3, 0.4) is 0 Å². The van der Waals surface area contributed by atoms with Gasteiger partial charge in [0.25, 0.3) is 0 Å². The number of carbonyl (C=O) groups is 1. The van der Waals surface area contributed by atoms with E-state index in [9.17, 15) is 9.18 Å². The smallest absolute Gasteiger partial charge is 0.358 e. The van der Waals surface area contributed by atoms with Crippen LogP contribution in [0.2, 0.25) is 0 Å². The molecule has 0 fully saturated rings. The summed E-state index contributed by atoms with van der Waals surface area (Å²) in [5.74, 6) is -0.383. The predicted molar refractivity (Wildman–Crippen MR) is 71.8 cm³/mol. The average molecular weight is 275 g/mol. The highest BCUT2D eigenvalue weighted by Crippen LogP contribution is 2.19. The molecule has 0 spiro atoms. The molecule has 0 bridgehead atoms. The fraction of sp³-hybridized carbons (Fsp3) is 0.214. The number of methoxy groups -OCH3 is 1. The van der Waals surface area contributed by atoms with Gasteiger partial charge in [-0.05, 0) is 13.0 Å². The summed E-state index contributed by atoms with van der Waals surface area (Å²) in [5, 5.41) is 3.02. The minimum absolute atomic E-state index is 0.122. The molecule has 1 aromatic carbocycles. The molecule has 0 aliphatic heterocycles. The van der Waals surface area contributed by atoms with Crippen LogP contribution in [0.15, 0.2) is 36.7 Å². The molecular weight excluding hydrogens is 261 g/mol. The molecule has 0 saturated heterocycles. The average Bonchev–Trinajstić information content (AvgIpc) is 2.47. The Balaban J connectivity index is 2.10. The summed E-state index contributed by atoms with van der Waals surface area (Å²) in [5.41, 5.74) is 0.655. The molecule has 0 aliphatic rings. The SMILES string of the molecule is COC(=O)c1cnc(NC(C)c2ccccc2F)cn1. The molecule has 2 aromatic rings. The third-order valence-corrected chi connectivity index (χ3v) is 2.78. The predicted octanol–water partition coefficient (Wildman–Crippen LogP) is 2.58. The number of nitrogens with zero attached hydrogens (tertiary/aromatic N) is 2. The van der Waals surface area contributed by atoms with Crippen LogP contribution >= 0.6 is 0 Å². The molecule has 5 nitrogen and oxygen atoms in total. The van der Waals surface area contributed by atoms with Crippen molar-refractivity contribution in [2.45, 2.75) is 13.0 Å². The van der Waals surface area contributed by atoms with Gasteiger partial charge >= 0.3 is 5.97 Å². The normalized spacial score (nSPS) is 11.8. The summed E-state index contributed by atoms with van der Waals surface area (Å²) in [4.78, 5) is 19.2. The van der Waals surface area contributed by atoms with Crippen LogP contribution in [0.4, 0.5) is 10.2 Å². The molecule has 1 aromatic heterocycles. The molecule has 1 heterocycles. The summed E-state index contributed by atoms with van der Waals surface area (Å²) >= 11 is 0. The van der Waals surface area contributed by atoms with Crippen LogP contribution in [0.1, 0.15) is 29.0 Å². The van der Waals surface area contributed by atoms with Gasteiger partial charge in [-0.25, -0.2) is 19.2 Å². The van der Waals surface area contributed by atoms with Gasteiger partial charge in [0.2, 0.25) is 0 Å². The molecule has 0 amide bonds. The Morgan fingerprint density at radius 3 is 2.65 bits per heavy atom. The Hall–Kier alpha value is -2.50. The van der Waals surface area contributed by atoms with Crippen molar-refractivity contribution in [2.75, 3.05) is 12.4 Å². The number of esters is 1. The second kappa shape index (κ2) is 6.10. The Labute approximate surface area is 115 Å². The number of rotatable bonds is 4. The Morgan fingerprint density at radius 2 is 2.05 bits per heavy atom. The van der Waals surface area contributed by atoms with Crippen LogP contribution < -0.4 is 5.32 Å². The standard InChI is InChI=1S/C14H14FN3O2/c1-9(10-5-3-4-6-11(10)15)18-13-8-16-12(7-17-13)14(19)20-2/h3-9H,1-2H3,(H,17,18). The zero-order chi connectivity index (χ0) is 14.5. The zero-order valence-electron chi connectivity index (χ0n) is 11.1. The maximum absolute atomic E-state index is 13.6. The van der Waals surface area contributed by atoms with E-state index in [4.69, 9.17) is 0 Å². The van der Waals surface area contributed by atoms with E-state index in [1.54, 1.807) is 18.2 Å². The summed E-state index contributed by atoms with van der Waals surface area (Å²) in [7, 11) is 1.27. The number of benzene rings is 1. The third kappa shape index (κ3) is 3.09. The van der Waals surface area contributed by atoms with Gasteiger partial charge in [-0.2, -0.15) is 0 Å². The van der Waals surface area contributed by atoms with E-state index in [1.165, 1.54) is 25.6 Å². The van der Waals surface area contributed by atoms with Crippen molar-refractivity contribution in [3.8, 4) is 0 Å². The van der Waals surface area contributed by atoms with Crippen molar-refractivity contribution < 1.29 is 13.9 Å². The molecular formula is C14H14FN3O2. The first-order valence-corrected chi connectivity index (χ1v) is 6.03. The Bertz CT molecular complexity index is 602. The van der Waals surface area contributed by atoms with Crippen LogP contribution in [0, 0.1) is 5.82 Å². The number of nitrogens with one attached hydrogen (secondary N) is 1. The van der Waals surface area contributed by atoms with E-state index in [2.05, 4.69) is 20.0 Å². The highest BCUT2D eigenvalue weighted by molar-refractivity contribution is 5.86. The lowest BCUT2D eigenvalue weighted by molar-refractivity contribution is 0.0593. The van der Waals surface area contributed by atoms with Gasteiger partial charge in [-0.1, -0.05) is 18.2 Å². The van der Waals surface area contributed by atoms with E-state index >= 15 is 0 Å². The first kappa shape index (κ1) is 13.9. The molecule has 6 heteroatoms. The summed E-state index contributed by atoms with van der Waals surface area (Å²) < 4.78 is 18.2. The molecule has 0 aliphatic carbocycles. The highest BCUT2D eigenvalue weighted by atomic mass is 19.1. The first-order chi connectivity index (χ1) is 9.61. The lowest BCUT2D eigenvalue weighted by Gasteiger charge is -2.15. The summed E-state index contributed by atoms with van der Waals surface area (Å²) in [6, 6.07) is 6.23. The second-order valence-corrected chi connectivity index (χ2v) is 4.17. The lowest BCUT2D eigenvalue weighted by Crippen LogP contribution is -2.11. The van der Waals surface area contributed by atoms with Gasteiger partial charge in [0, 0.05) is 5.56 Å². The molecule has 2 rings (SSSR count). The van der Waals surface area contributed by atoms with Crippen molar-refractivity contribution in [3.05, 3.63) is 53.7 Å². The van der Waals surface area contributed by atoms with Crippen molar-refractivity contribution in [1.82, 2.24) is 9.97 Å². The molecule has 1 N–H and O–H groups in total. The maximum atomic E-state index is 13.6. The van der Waals surface area contributed by atoms with E-state index in [1.807, 2.05) is 6.92 Å². The minimum Gasteiger partial charge on any atom is -0.464 e. The third-order valence-electron chi connectivity index (χ3n) is 2.78. The van der Waals surface area contributed by atoms with E-state index in [0.29, 0.717) is 11.4 Å². The number of aromatic nitrogens is 2. The van der Waals surface area contributed by atoms with Crippen molar-refractivity contribution >= 4 is 11.8 Å². The van der Waals surface area contributed by atoms with E-state index in [-0.39, 0.29) is 17.6 Å². The van der Waals surface area contributed by atoms with Crippen LogP contribution in [0.5, 0.6) is 0 Å². The molecule has 1 unspecified atom stereocenters. The van der Waals surface area contributed by atoms with Gasteiger partial charge < -0.3 is 10.1 Å². The minimum atomic E-state index is -0.550. The van der Waals surface area contributed by atoms with Gasteiger partial charge in [0.1, 0.15) is 11.6 Å². The van der Waals surface area contributed by atoms with Gasteiger partial charge in [0.05, 0.1) is 25.5 Å². The maximum Gasteiger partial charge on any atom is 0.358 e. The molecule has 0 radical (unpaired) electrons. The zero-order valence-corrected chi connectivity index (χ0v) is 11.1. The monoisotopic (exact) mass is 275 g/mol. The van der Waals surface area contributed by atoms with Crippen molar-refractivity contribution in [3.63, 3.8) is 0 Å². The van der Waals surface area contributed by atoms with Crippen LogP contribution in [0.25, 0.3) is 0 Å². The van der Waals surface area contributed by atoms with Gasteiger partial charge in [-0.15, -0.1) is 0 Å². The summed E-state index contributed by atoms with van der Waals surface area (Å²) in [6.45, 7) is 1.81. The lowest BCUT2D eigenvalue weighted by atomic mass is 10.1. The number of hydrogen-bond donors (Lipinski definition) is 1. The molecule has 104 valence electrons. The number of anilines is 1. The first-order valence-electron chi connectivity index (χ1n) is 6.03. The van der Waals surface area contributed by atoms with Crippen LogP contribution in [-0.2, 0) is 4.74 Å². The highest BCUT2D eigenvalue weighted by Gasteiger charge is 2.12. The fourth-order valence-electron chi connectivity index (χ4n) is 1.74. The Morgan fingerprint density at radius 1 is 1.30 bits per heavy atom. The summed E-state index contributed by atoms with van der Waals surface area (Å²) in [6.07, 6.45) is 2.71. The second-order valence-electron chi connectivity index (χ2n) is 4.17. The Kier molecular flexibility index (Phi) is 4.24. The van der Waals surface area contributed by atoms with E-state index in [0.717, 1.165) is 0 Å². The molecule has 1 atom stereocenters. The number of hydrogen-bond acceptors (Lipinski definition) is 5.